The first-order valence-electron chi connectivity index (χ1n) is 6.23. The van der Waals surface area contributed by atoms with Gasteiger partial charge in [0.25, 0.3) is 0 Å². The van der Waals surface area contributed by atoms with Crippen molar-refractivity contribution in [3.05, 3.63) is 23.8 Å². The molecule has 0 aliphatic heterocycles. The third-order valence-electron chi connectivity index (χ3n) is 1.87. The molecule has 1 atom stereocenters. The standard InChI is InChI=1S/C11H14F3NO2S.C2H6/c1-7(2)15-18(16)10-5-4-8(3)6-9(10)17-11(12,13)14;1-2/h4-7,15H,1-3H3;1-2H3. The molecule has 0 radical (unpaired) electrons. The van der Waals surface area contributed by atoms with Gasteiger partial charge in [0.15, 0.2) is 0 Å². The van der Waals surface area contributed by atoms with Crippen LogP contribution in [0.4, 0.5) is 13.2 Å². The van der Waals surface area contributed by atoms with Crippen LogP contribution in [0.5, 0.6) is 5.75 Å². The van der Waals surface area contributed by atoms with Crippen LogP contribution in [0.25, 0.3) is 0 Å². The minimum atomic E-state index is -4.80. The molecule has 0 saturated heterocycles. The minimum Gasteiger partial charge on any atom is -0.404 e. The SMILES string of the molecule is CC.Cc1ccc(S(=O)NC(C)C)c(OC(F)(F)F)c1. The maximum absolute atomic E-state index is 12.2. The maximum Gasteiger partial charge on any atom is 0.573 e. The van der Waals surface area contributed by atoms with Crippen LogP contribution in [-0.4, -0.2) is 16.6 Å². The van der Waals surface area contributed by atoms with Crippen LogP contribution >= 0.6 is 0 Å². The van der Waals surface area contributed by atoms with Gasteiger partial charge in [0.1, 0.15) is 16.7 Å². The van der Waals surface area contributed by atoms with E-state index in [1.165, 1.54) is 12.1 Å². The molecule has 0 aliphatic carbocycles. The lowest BCUT2D eigenvalue weighted by molar-refractivity contribution is -0.275. The summed E-state index contributed by atoms with van der Waals surface area (Å²) in [6.07, 6.45) is -4.80. The number of halogens is 3. The average molecular weight is 311 g/mol. The van der Waals surface area contributed by atoms with Crippen LogP contribution in [0.3, 0.4) is 0 Å². The molecule has 1 aromatic carbocycles. The van der Waals surface area contributed by atoms with Crippen molar-refractivity contribution in [2.24, 2.45) is 0 Å². The van der Waals surface area contributed by atoms with Gasteiger partial charge in [-0.25, -0.2) is 8.93 Å². The lowest BCUT2D eigenvalue weighted by atomic mass is 10.2. The lowest BCUT2D eigenvalue weighted by Crippen LogP contribution is -2.26. The van der Waals surface area contributed by atoms with Crippen LogP contribution in [0.2, 0.25) is 0 Å². The molecule has 1 unspecified atom stereocenters. The van der Waals surface area contributed by atoms with E-state index in [2.05, 4.69) is 9.46 Å². The molecule has 0 spiro atoms. The average Bonchev–Trinajstić information content (AvgIpc) is 2.28. The Morgan fingerprint density at radius 3 is 2.25 bits per heavy atom. The molecule has 1 rings (SSSR count). The highest BCUT2D eigenvalue weighted by Crippen LogP contribution is 2.29. The molecule has 3 nitrogen and oxygen atoms in total. The Kier molecular flexibility index (Phi) is 7.82. The van der Waals surface area contributed by atoms with E-state index in [-0.39, 0.29) is 10.9 Å². The first kappa shape index (κ1) is 18.9. The molecule has 1 N–H and O–H groups in total. The van der Waals surface area contributed by atoms with E-state index in [1.54, 1.807) is 26.8 Å². The van der Waals surface area contributed by atoms with Crippen LogP contribution in [0, 0.1) is 6.92 Å². The van der Waals surface area contributed by atoms with Crippen molar-refractivity contribution in [1.82, 2.24) is 4.72 Å². The Hall–Kier alpha value is -1.08. The zero-order valence-electron chi connectivity index (χ0n) is 12.2. The second-order valence-electron chi connectivity index (χ2n) is 4.04. The Morgan fingerprint density at radius 2 is 1.80 bits per heavy atom. The molecule has 0 saturated carbocycles. The van der Waals surface area contributed by atoms with Crippen LogP contribution in [0.15, 0.2) is 23.1 Å². The Balaban J connectivity index is 0.00000172. The predicted molar refractivity (Wildman–Crippen MR) is 73.9 cm³/mol. The fourth-order valence-corrected chi connectivity index (χ4v) is 2.28. The van der Waals surface area contributed by atoms with Crippen molar-refractivity contribution in [1.29, 1.82) is 0 Å². The summed E-state index contributed by atoms with van der Waals surface area (Å²) in [4.78, 5) is -0.0216. The van der Waals surface area contributed by atoms with Gasteiger partial charge in [0.05, 0.1) is 4.90 Å². The van der Waals surface area contributed by atoms with Crippen molar-refractivity contribution in [2.75, 3.05) is 0 Å². The number of nitrogens with one attached hydrogen (secondary N) is 1. The summed E-state index contributed by atoms with van der Waals surface area (Å²) in [7, 11) is -1.74. The van der Waals surface area contributed by atoms with E-state index in [4.69, 9.17) is 0 Å². The Morgan fingerprint density at radius 1 is 1.25 bits per heavy atom. The lowest BCUT2D eigenvalue weighted by Gasteiger charge is -2.15. The first-order chi connectivity index (χ1) is 9.19. The summed E-state index contributed by atoms with van der Waals surface area (Å²) in [6, 6.07) is 4.04. The molecule has 20 heavy (non-hydrogen) atoms. The van der Waals surface area contributed by atoms with E-state index in [1.807, 2.05) is 13.8 Å². The molecule has 1 aromatic rings. The molecule has 7 heteroatoms. The third-order valence-corrected chi connectivity index (χ3v) is 3.29. The van der Waals surface area contributed by atoms with Crippen LogP contribution in [-0.2, 0) is 11.0 Å². The summed E-state index contributed by atoms with van der Waals surface area (Å²) >= 11 is 0. The quantitative estimate of drug-likeness (QED) is 0.914. The van der Waals surface area contributed by atoms with Gasteiger partial charge in [-0.3, -0.25) is 0 Å². The summed E-state index contributed by atoms with van der Waals surface area (Å²) in [5.41, 5.74) is 0.597. The number of rotatable bonds is 4. The highest BCUT2D eigenvalue weighted by Gasteiger charge is 2.32. The number of hydrogen-bond donors (Lipinski definition) is 1. The van der Waals surface area contributed by atoms with Crippen molar-refractivity contribution < 1.29 is 22.1 Å². The fraction of sp³-hybridized carbons (Fsp3) is 0.538. The summed E-state index contributed by atoms with van der Waals surface area (Å²) in [6.45, 7) is 9.12. The number of ether oxygens (including phenoxy) is 1. The van der Waals surface area contributed by atoms with Gasteiger partial charge in [-0.2, -0.15) is 0 Å². The minimum absolute atomic E-state index is 0.0216. The zero-order valence-corrected chi connectivity index (χ0v) is 13.0. The largest absolute Gasteiger partial charge is 0.573 e. The highest BCUT2D eigenvalue weighted by atomic mass is 32.2. The summed E-state index contributed by atoms with van der Waals surface area (Å²) in [5.74, 6) is -0.436. The van der Waals surface area contributed by atoms with E-state index in [0.29, 0.717) is 5.56 Å². The molecular weight excluding hydrogens is 291 g/mol. The number of benzene rings is 1. The van der Waals surface area contributed by atoms with Crippen molar-refractivity contribution in [3.8, 4) is 5.75 Å². The molecule has 0 fully saturated rings. The number of aryl methyl sites for hydroxylation is 1. The molecule has 0 amide bonds. The highest BCUT2D eigenvalue weighted by molar-refractivity contribution is 7.83. The molecular formula is C13H20F3NO2S. The first-order valence-corrected chi connectivity index (χ1v) is 7.38. The predicted octanol–water partition coefficient (Wildman–Crippen LogP) is 3.94. The molecule has 0 aliphatic rings. The summed E-state index contributed by atoms with van der Waals surface area (Å²) < 4.78 is 55.1. The van der Waals surface area contributed by atoms with Crippen LogP contribution in [0.1, 0.15) is 33.3 Å². The zero-order chi connectivity index (χ0) is 15.9. The van der Waals surface area contributed by atoms with Gasteiger partial charge in [-0.15, -0.1) is 13.2 Å². The van der Waals surface area contributed by atoms with E-state index < -0.39 is 23.1 Å². The Bertz CT molecular complexity index is 448. The van der Waals surface area contributed by atoms with Crippen molar-refractivity contribution in [3.63, 3.8) is 0 Å². The van der Waals surface area contributed by atoms with Crippen molar-refractivity contribution in [2.45, 2.75) is 51.9 Å². The third kappa shape index (κ3) is 6.91. The second-order valence-corrected chi connectivity index (χ2v) is 5.25. The monoisotopic (exact) mass is 311 g/mol. The van der Waals surface area contributed by atoms with E-state index in [9.17, 15) is 17.4 Å². The van der Waals surface area contributed by atoms with E-state index in [0.717, 1.165) is 0 Å². The van der Waals surface area contributed by atoms with Crippen molar-refractivity contribution >= 4 is 11.0 Å². The molecule has 0 aromatic heterocycles. The topological polar surface area (TPSA) is 38.3 Å². The second kappa shape index (κ2) is 8.26. The maximum atomic E-state index is 12.2. The smallest absolute Gasteiger partial charge is 0.404 e. The van der Waals surface area contributed by atoms with Gasteiger partial charge in [0, 0.05) is 6.04 Å². The summed E-state index contributed by atoms with van der Waals surface area (Å²) in [5, 5.41) is 0. The van der Waals surface area contributed by atoms with Gasteiger partial charge >= 0.3 is 6.36 Å². The van der Waals surface area contributed by atoms with Gasteiger partial charge in [-0.1, -0.05) is 19.9 Å². The molecule has 0 bridgehead atoms. The van der Waals surface area contributed by atoms with Gasteiger partial charge in [-0.05, 0) is 38.5 Å². The number of hydrogen-bond acceptors (Lipinski definition) is 2. The van der Waals surface area contributed by atoms with E-state index >= 15 is 0 Å². The van der Waals surface area contributed by atoms with Crippen LogP contribution < -0.4 is 9.46 Å². The fourth-order valence-electron chi connectivity index (χ4n) is 1.25. The van der Waals surface area contributed by atoms with Gasteiger partial charge < -0.3 is 4.74 Å². The Labute approximate surface area is 120 Å². The molecule has 116 valence electrons. The normalized spacial score (nSPS) is 12.7. The number of alkyl halides is 3. The van der Waals surface area contributed by atoms with Gasteiger partial charge in [0.2, 0.25) is 0 Å². The molecule has 0 heterocycles.